The molecule has 26 heavy (non-hydrogen) atoms. The van der Waals surface area contributed by atoms with Gasteiger partial charge in [0.1, 0.15) is 0 Å². The Morgan fingerprint density at radius 3 is 2.62 bits per heavy atom. The van der Waals surface area contributed by atoms with Crippen molar-refractivity contribution in [2.75, 3.05) is 20.3 Å². The van der Waals surface area contributed by atoms with Gasteiger partial charge in [-0.15, -0.1) is 0 Å². The first-order valence-corrected chi connectivity index (χ1v) is 9.85. The van der Waals surface area contributed by atoms with Gasteiger partial charge in [-0.05, 0) is 36.8 Å². The van der Waals surface area contributed by atoms with Gasteiger partial charge in [0, 0.05) is 24.2 Å². The third-order valence-corrected chi connectivity index (χ3v) is 5.53. The highest BCUT2D eigenvalue weighted by atomic mass is 35.5. The van der Waals surface area contributed by atoms with Gasteiger partial charge in [-0.2, -0.15) is 0 Å². The Bertz CT molecular complexity index is 871. The van der Waals surface area contributed by atoms with Gasteiger partial charge in [0.2, 0.25) is 10.0 Å². The first-order valence-electron chi connectivity index (χ1n) is 7.99. The minimum Gasteiger partial charge on any atom is -0.383 e. The lowest BCUT2D eigenvalue weighted by atomic mass is 10.1. The normalized spacial score (nSPS) is 12.6. The fourth-order valence-electron chi connectivity index (χ4n) is 2.35. The molecule has 0 saturated heterocycles. The number of methoxy groups -OCH3 is 1. The van der Waals surface area contributed by atoms with Crippen molar-refractivity contribution in [2.45, 2.75) is 17.9 Å². The van der Waals surface area contributed by atoms with Crippen molar-refractivity contribution < 1.29 is 17.9 Å². The van der Waals surface area contributed by atoms with Crippen molar-refractivity contribution in [1.29, 1.82) is 0 Å². The van der Waals surface area contributed by atoms with E-state index in [1.54, 1.807) is 12.1 Å². The van der Waals surface area contributed by atoms with Gasteiger partial charge in [-0.1, -0.05) is 35.9 Å². The zero-order chi connectivity index (χ0) is 19.2. The average Bonchev–Trinajstić information content (AvgIpc) is 2.62. The minimum atomic E-state index is -3.71. The fourth-order valence-corrected chi connectivity index (χ4v) is 3.71. The number of nitrogens with one attached hydrogen (secondary N) is 2. The highest BCUT2D eigenvalue weighted by Gasteiger charge is 2.18. The zero-order valence-corrected chi connectivity index (χ0v) is 16.1. The lowest BCUT2D eigenvalue weighted by Crippen LogP contribution is -2.29. The molecule has 6 nitrogen and oxygen atoms in total. The summed E-state index contributed by atoms with van der Waals surface area (Å²) in [6.45, 7) is 2.22. The van der Waals surface area contributed by atoms with Crippen molar-refractivity contribution in [3.63, 3.8) is 0 Å². The van der Waals surface area contributed by atoms with E-state index in [2.05, 4.69) is 10.0 Å². The molecule has 0 heterocycles. The lowest BCUT2D eigenvalue weighted by molar-refractivity contribution is 0.0939. The van der Waals surface area contributed by atoms with Crippen LogP contribution in [0, 0.1) is 0 Å². The average molecular weight is 397 g/mol. The molecule has 0 fully saturated rings. The van der Waals surface area contributed by atoms with E-state index in [0.717, 1.165) is 5.56 Å². The lowest BCUT2D eigenvalue weighted by Gasteiger charge is -2.16. The zero-order valence-electron chi connectivity index (χ0n) is 14.5. The summed E-state index contributed by atoms with van der Waals surface area (Å²) in [4.78, 5) is 12.5. The Balaban J connectivity index is 2.14. The van der Waals surface area contributed by atoms with Crippen LogP contribution in [0.5, 0.6) is 0 Å². The predicted molar refractivity (Wildman–Crippen MR) is 101 cm³/mol. The van der Waals surface area contributed by atoms with Crippen LogP contribution in [0.2, 0.25) is 5.02 Å². The summed E-state index contributed by atoms with van der Waals surface area (Å²) >= 11 is 6.14. The van der Waals surface area contributed by atoms with Gasteiger partial charge >= 0.3 is 0 Å². The topological polar surface area (TPSA) is 84.5 Å². The van der Waals surface area contributed by atoms with E-state index in [1.165, 1.54) is 25.3 Å². The van der Waals surface area contributed by atoms with Crippen LogP contribution in [0.1, 0.15) is 28.9 Å². The second kappa shape index (κ2) is 9.14. The van der Waals surface area contributed by atoms with Crippen molar-refractivity contribution >= 4 is 27.5 Å². The van der Waals surface area contributed by atoms with E-state index in [-0.39, 0.29) is 35.6 Å². The van der Waals surface area contributed by atoms with E-state index in [9.17, 15) is 13.2 Å². The molecule has 1 amide bonds. The second-order valence-corrected chi connectivity index (χ2v) is 7.81. The van der Waals surface area contributed by atoms with Crippen LogP contribution >= 0.6 is 11.6 Å². The molecule has 140 valence electrons. The number of carbonyl (C=O) groups is 1. The van der Waals surface area contributed by atoms with Crippen molar-refractivity contribution in [3.8, 4) is 0 Å². The molecule has 0 saturated carbocycles. The monoisotopic (exact) mass is 396 g/mol. The Morgan fingerprint density at radius 2 is 1.92 bits per heavy atom. The summed E-state index contributed by atoms with van der Waals surface area (Å²) in [5.74, 6) is -0.383. The summed E-state index contributed by atoms with van der Waals surface area (Å²) in [5, 5.41) is 3.38. The number of ether oxygens (including phenoxy) is 1. The number of sulfonamides is 1. The predicted octanol–water partition coefficient (Wildman–Crippen LogP) is 2.76. The van der Waals surface area contributed by atoms with E-state index in [1.807, 2.05) is 25.1 Å². The Morgan fingerprint density at radius 1 is 1.19 bits per heavy atom. The number of halogens is 1. The van der Waals surface area contributed by atoms with Gasteiger partial charge in [-0.3, -0.25) is 4.79 Å². The van der Waals surface area contributed by atoms with Crippen molar-refractivity contribution in [2.24, 2.45) is 0 Å². The molecule has 0 aliphatic rings. The number of rotatable bonds is 8. The Hall–Kier alpha value is -1.93. The minimum absolute atomic E-state index is 0.0200. The number of hydrogen-bond donors (Lipinski definition) is 2. The molecule has 1 unspecified atom stereocenters. The molecule has 1 atom stereocenters. The summed E-state index contributed by atoms with van der Waals surface area (Å²) in [7, 11) is -2.22. The Kier molecular flexibility index (Phi) is 7.16. The van der Waals surface area contributed by atoms with Gasteiger partial charge < -0.3 is 10.1 Å². The van der Waals surface area contributed by atoms with Gasteiger partial charge in [0.15, 0.2) is 0 Å². The molecule has 0 spiro atoms. The highest BCUT2D eigenvalue weighted by Crippen LogP contribution is 2.22. The van der Waals surface area contributed by atoms with E-state index in [0.29, 0.717) is 5.02 Å². The maximum Gasteiger partial charge on any atom is 0.251 e. The SMILES string of the molecule is COCCNS(=O)(=O)c1cccc(C(=O)NC(C)c2ccccc2Cl)c1. The maximum atomic E-state index is 12.5. The third-order valence-electron chi connectivity index (χ3n) is 3.72. The van der Waals surface area contributed by atoms with Crippen LogP contribution in [0.3, 0.4) is 0 Å². The van der Waals surface area contributed by atoms with E-state index in [4.69, 9.17) is 16.3 Å². The second-order valence-electron chi connectivity index (χ2n) is 5.64. The number of carbonyl (C=O) groups excluding carboxylic acids is 1. The molecule has 0 aliphatic carbocycles. The van der Waals surface area contributed by atoms with Crippen molar-refractivity contribution in [3.05, 3.63) is 64.7 Å². The summed E-state index contributed by atoms with van der Waals surface area (Å²) in [5.41, 5.74) is 1.03. The van der Waals surface area contributed by atoms with Gasteiger partial charge in [-0.25, -0.2) is 13.1 Å². The molecular formula is C18H21ClN2O4S. The molecule has 2 rings (SSSR count). The molecule has 0 aliphatic heterocycles. The van der Waals surface area contributed by atoms with E-state index >= 15 is 0 Å². The number of hydrogen-bond acceptors (Lipinski definition) is 4. The first kappa shape index (κ1) is 20.4. The fraction of sp³-hybridized carbons (Fsp3) is 0.278. The van der Waals surface area contributed by atoms with E-state index < -0.39 is 10.0 Å². The largest absolute Gasteiger partial charge is 0.383 e. The standard InChI is InChI=1S/C18H21ClN2O4S/c1-13(16-8-3-4-9-17(16)19)21-18(22)14-6-5-7-15(12-14)26(23,24)20-10-11-25-2/h3-9,12-13,20H,10-11H2,1-2H3,(H,21,22). The van der Waals surface area contributed by atoms with Crippen LogP contribution < -0.4 is 10.0 Å². The number of benzene rings is 2. The van der Waals surface area contributed by atoms with Crippen LogP contribution in [-0.2, 0) is 14.8 Å². The molecule has 2 aromatic carbocycles. The van der Waals surface area contributed by atoms with Crippen LogP contribution in [0.4, 0.5) is 0 Å². The molecule has 0 radical (unpaired) electrons. The molecule has 0 aromatic heterocycles. The molecular weight excluding hydrogens is 376 g/mol. The number of amides is 1. The highest BCUT2D eigenvalue weighted by molar-refractivity contribution is 7.89. The summed E-state index contributed by atoms with van der Waals surface area (Å²) < 4.78 is 31.8. The molecule has 0 bridgehead atoms. The van der Waals surface area contributed by atoms with Crippen molar-refractivity contribution in [1.82, 2.24) is 10.0 Å². The summed E-state index contributed by atoms with van der Waals surface area (Å²) in [6, 6.07) is 12.8. The first-order chi connectivity index (χ1) is 12.3. The summed E-state index contributed by atoms with van der Waals surface area (Å²) in [6.07, 6.45) is 0. The van der Waals surface area contributed by atoms with Crippen LogP contribution in [0.15, 0.2) is 53.4 Å². The van der Waals surface area contributed by atoms with Crippen LogP contribution in [-0.4, -0.2) is 34.6 Å². The Labute approximate surface area is 158 Å². The smallest absolute Gasteiger partial charge is 0.251 e. The van der Waals surface area contributed by atoms with Gasteiger partial charge in [0.25, 0.3) is 5.91 Å². The van der Waals surface area contributed by atoms with Gasteiger partial charge in [0.05, 0.1) is 17.5 Å². The molecule has 8 heteroatoms. The maximum absolute atomic E-state index is 12.5. The third kappa shape index (κ3) is 5.28. The van der Waals surface area contributed by atoms with Crippen LogP contribution in [0.25, 0.3) is 0 Å². The molecule has 2 aromatic rings. The molecule has 2 N–H and O–H groups in total. The quantitative estimate of drug-likeness (QED) is 0.672.